The fourth-order valence-corrected chi connectivity index (χ4v) is 3.44. The lowest BCUT2D eigenvalue weighted by Crippen LogP contribution is -2.51. The lowest BCUT2D eigenvalue weighted by Gasteiger charge is -2.33. The molecule has 31 heavy (non-hydrogen) atoms. The number of ether oxygens (including phenoxy) is 2. The Balaban J connectivity index is 1.51. The highest BCUT2D eigenvalue weighted by Crippen LogP contribution is 2.33. The van der Waals surface area contributed by atoms with Crippen molar-refractivity contribution in [2.24, 2.45) is 0 Å². The zero-order valence-corrected chi connectivity index (χ0v) is 16.7. The first-order valence-corrected chi connectivity index (χ1v) is 9.64. The molecular weight excluding hydrogens is 400 g/mol. The van der Waals surface area contributed by atoms with Crippen LogP contribution in [0.4, 0.5) is 5.69 Å². The van der Waals surface area contributed by atoms with Crippen LogP contribution in [0.2, 0.25) is 0 Å². The minimum absolute atomic E-state index is 0.0195. The van der Waals surface area contributed by atoms with E-state index in [9.17, 15) is 19.5 Å². The maximum atomic E-state index is 12.8. The molecule has 0 saturated heterocycles. The summed E-state index contributed by atoms with van der Waals surface area (Å²) in [5, 5.41) is 14.2. The molecule has 4 rings (SSSR count). The number of amides is 2. The molecule has 0 fully saturated rings. The molecule has 158 valence electrons. The number of phenolic OH excluding ortho intramolecular Hbond substituents is 1. The molecule has 0 aliphatic carbocycles. The van der Waals surface area contributed by atoms with Crippen LogP contribution < -0.4 is 15.0 Å². The third-order valence-electron chi connectivity index (χ3n) is 5.02. The van der Waals surface area contributed by atoms with Gasteiger partial charge in [-0.25, -0.2) is 4.79 Å². The number of rotatable bonds is 4. The number of nitrogens with zero attached hydrogens (tertiary/aromatic N) is 1. The van der Waals surface area contributed by atoms with E-state index in [-0.39, 0.29) is 23.8 Å². The molecule has 2 N–H and O–H groups in total. The van der Waals surface area contributed by atoms with Gasteiger partial charge < -0.3 is 24.8 Å². The molecule has 1 atom stereocenters. The Morgan fingerprint density at radius 3 is 2.52 bits per heavy atom. The average molecular weight is 420 g/mol. The van der Waals surface area contributed by atoms with Gasteiger partial charge in [0.05, 0.1) is 12.2 Å². The zero-order valence-electron chi connectivity index (χ0n) is 16.7. The van der Waals surface area contributed by atoms with E-state index in [1.807, 2.05) is 18.2 Å². The number of esters is 1. The fraction of sp³-hybridized carbons (Fsp3) is 0.174. The number of fused-ring (bicyclic) bond motifs is 2. The smallest absolute Gasteiger partial charge is 0.342 e. The number of carbonyl (C=O) groups excluding carboxylic acids is 3. The normalized spacial score (nSPS) is 15.0. The number of benzene rings is 3. The highest BCUT2D eigenvalue weighted by Gasteiger charge is 2.33. The topological polar surface area (TPSA) is 105 Å². The number of phenols is 1. The van der Waals surface area contributed by atoms with Gasteiger partial charge in [0.15, 0.2) is 12.7 Å². The van der Waals surface area contributed by atoms with Crippen LogP contribution >= 0.6 is 0 Å². The molecule has 2 amide bonds. The first kappa shape index (κ1) is 20.2. The van der Waals surface area contributed by atoms with Crippen LogP contribution in [0.5, 0.6) is 11.5 Å². The minimum atomic E-state index is -0.885. The van der Waals surface area contributed by atoms with Gasteiger partial charge in [-0.05, 0) is 35.0 Å². The van der Waals surface area contributed by atoms with Gasteiger partial charge in [0.2, 0.25) is 0 Å². The Morgan fingerprint density at radius 1 is 1.10 bits per heavy atom. The van der Waals surface area contributed by atoms with Crippen LogP contribution in [0.15, 0.2) is 60.7 Å². The van der Waals surface area contributed by atoms with Gasteiger partial charge >= 0.3 is 5.97 Å². The second kappa shape index (κ2) is 8.35. The monoisotopic (exact) mass is 420 g/mol. The molecule has 0 bridgehead atoms. The first-order valence-electron chi connectivity index (χ1n) is 9.64. The lowest BCUT2D eigenvalue weighted by molar-refractivity contribution is -0.128. The Labute approximate surface area is 178 Å². The SMILES string of the molecule is CNC(=O)C1CN(C(=O)COC(=O)c2cc3ccccc3cc2O)c2ccccc2O1. The van der Waals surface area contributed by atoms with Crippen molar-refractivity contribution in [3.63, 3.8) is 0 Å². The first-order chi connectivity index (χ1) is 15.0. The van der Waals surface area contributed by atoms with Crippen molar-refractivity contribution in [3.8, 4) is 11.5 Å². The lowest BCUT2D eigenvalue weighted by atomic mass is 10.1. The molecule has 3 aromatic carbocycles. The van der Waals surface area contributed by atoms with Crippen molar-refractivity contribution < 1.29 is 29.0 Å². The predicted molar refractivity (Wildman–Crippen MR) is 113 cm³/mol. The quantitative estimate of drug-likeness (QED) is 0.628. The second-order valence-corrected chi connectivity index (χ2v) is 6.99. The molecule has 1 heterocycles. The number of anilines is 1. The summed E-state index contributed by atoms with van der Waals surface area (Å²) in [6, 6.07) is 17.1. The van der Waals surface area contributed by atoms with E-state index in [1.54, 1.807) is 30.3 Å². The van der Waals surface area contributed by atoms with Crippen LogP contribution in [-0.2, 0) is 14.3 Å². The van der Waals surface area contributed by atoms with E-state index in [4.69, 9.17) is 9.47 Å². The van der Waals surface area contributed by atoms with Crippen LogP contribution in [0.3, 0.4) is 0 Å². The van der Waals surface area contributed by atoms with E-state index < -0.39 is 24.6 Å². The maximum Gasteiger partial charge on any atom is 0.342 e. The van der Waals surface area contributed by atoms with E-state index >= 15 is 0 Å². The molecular formula is C23H20N2O6. The van der Waals surface area contributed by atoms with Gasteiger partial charge in [-0.2, -0.15) is 0 Å². The third kappa shape index (κ3) is 4.00. The van der Waals surface area contributed by atoms with Gasteiger partial charge in [0.1, 0.15) is 17.1 Å². The number of para-hydroxylation sites is 2. The molecule has 1 aliphatic rings. The highest BCUT2D eigenvalue weighted by atomic mass is 16.5. The zero-order chi connectivity index (χ0) is 22.0. The molecule has 8 nitrogen and oxygen atoms in total. The molecule has 8 heteroatoms. The summed E-state index contributed by atoms with van der Waals surface area (Å²) in [4.78, 5) is 38.8. The van der Waals surface area contributed by atoms with Gasteiger partial charge in [-0.15, -0.1) is 0 Å². The molecule has 3 aromatic rings. The summed E-state index contributed by atoms with van der Waals surface area (Å²) in [6.07, 6.45) is -0.885. The summed E-state index contributed by atoms with van der Waals surface area (Å²) >= 11 is 0. The summed E-state index contributed by atoms with van der Waals surface area (Å²) in [5.41, 5.74) is 0.453. The van der Waals surface area contributed by atoms with Gasteiger partial charge in [-0.3, -0.25) is 9.59 Å². The van der Waals surface area contributed by atoms with Crippen LogP contribution in [0.25, 0.3) is 10.8 Å². The summed E-state index contributed by atoms with van der Waals surface area (Å²) in [6.45, 7) is -0.575. The van der Waals surface area contributed by atoms with Gasteiger partial charge in [0, 0.05) is 7.05 Å². The van der Waals surface area contributed by atoms with Crippen molar-refractivity contribution in [3.05, 3.63) is 66.2 Å². The van der Waals surface area contributed by atoms with Crippen LogP contribution in [-0.4, -0.2) is 49.2 Å². The van der Waals surface area contributed by atoms with Crippen molar-refractivity contribution >= 4 is 34.2 Å². The van der Waals surface area contributed by atoms with Crippen molar-refractivity contribution in [2.75, 3.05) is 25.1 Å². The van der Waals surface area contributed by atoms with Gasteiger partial charge in [0.25, 0.3) is 11.8 Å². The van der Waals surface area contributed by atoms with E-state index in [0.29, 0.717) is 11.4 Å². The number of carbonyl (C=O) groups is 3. The molecule has 0 aromatic heterocycles. The molecule has 1 unspecified atom stereocenters. The van der Waals surface area contributed by atoms with Crippen molar-refractivity contribution in [1.82, 2.24) is 5.32 Å². The largest absolute Gasteiger partial charge is 0.507 e. The minimum Gasteiger partial charge on any atom is -0.507 e. The number of likely N-dealkylation sites (N-methyl/N-ethyl adjacent to an activating group) is 1. The molecule has 1 aliphatic heterocycles. The van der Waals surface area contributed by atoms with Crippen molar-refractivity contribution in [1.29, 1.82) is 0 Å². The average Bonchev–Trinajstić information content (AvgIpc) is 2.80. The van der Waals surface area contributed by atoms with Crippen molar-refractivity contribution in [2.45, 2.75) is 6.10 Å². The van der Waals surface area contributed by atoms with E-state index in [0.717, 1.165) is 10.8 Å². The fourth-order valence-electron chi connectivity index (χ4n) is 3.44. The molecule has 0 radical (unpaired) electrons. The molecule has 0 spiro atoms. The Bertz CT molecular complexity index is 1180. The van der Waals surface area contributed by atoms with E-state index in [2.05, 4.69) is 5.32 Å². The Morgan fingerprint density at radius 2 is 1.77 bits per heavy atom. The number of aromatic hydroxyl groups is 1. The number of hydrogen-bond donors (Lipinski definition) is 2. The third-order valence-corrected chi connectivity index (χ3v) is 5.02. The standard InChI is InChI=1S/C23H20N2O6/c1-24-22(28)20-12-25(17-8-4-5-9-19(17)31-20)21(27)13-30-23(29)16-10-14-6-2-3-7-15(14)11-18(16)26/h2-11,20,26H,12-13H2,1H3,(H,24,28). The van der Waals surface area contributed by atoms with Crippen LogP contribution in [0.1, 0.15) is 10.4 Å². The predicted octanol–water partition coefficient (Wildman–Crippen LogP) is 2.24. The summed E-state index contributed by atoms with van der Waals surface area (Å²) < 4.78 is 10.8. The maximum absolute atomic E-state index is 12.8. The van der Waals surface area contributed by atoms with Crippen LogP contribution in [0, 0.1) is 0 Å². The molecule has 0 saturated carbocycles. The van der Waals surface area contributed by atoms with Gasteiger partial charge in [-0.1, -0.05) is 36.4 Å². The Hall–Kier alpha value is -4.07. The number of hydrogen-bond acceptors (Lipinski definition) is 6. The summed E-state index contributed by atoms with van der Waals surface area (Å²) in [5.74, 6) is -1.55. The number of nitrogens with one attached hydrogen (secondary N) is 1. The Kier molecular flexibility index (Phi) is 5.44. The second-order valence-electron chi connectivity index (χ2n) is 6.99. The highest BCUT2D eigenvalue weighted by molar-refractivity contribution is 6.02. The summed E-state index contributed by atoms with van der Waals surface area (Å²) in [7, 11) is 1.48. The van der Waals surface area contributed by atoms with E-state index in [1.165, 1.54) is 24.1 Å².